The van der Waals surface area contributed by atoms with Gasteiger partial charge in [-0.25, -0.2) is 9.97 Å². The molecule has 0 spiro atoms. The summed E-state index contributed by atoms with van der Waals surface area (Å²) in [6.07, 6.45) is 4.22. The van der Waals surface area contributed by atoms with E-state index in [1.165, 1.54) is 0 Å². The molecule has 33 heavy (non-hydrogen) atoms. The fourth-order valence-electron chi connectivity index (χ4n) is 4.08. The summed E-state index contributed by atoms with van der Waals surface area (Å²) in [5.74, 6) is 0.703. The molecule has 1 aromatic carbocycles. The molecular weight excluding hydrogens is 420 g/mol. The molecule has 1 atom stereocenters. The van der Waals surface area contributed by atoms with Gasteiger partial charge in [-0.05, 0) is 30.5 Å². The minimum atomic E-state index is -0.489. The second-order valence-electron chi connectivity index (χ2n) is 8.47. The number of aromatic nitrogens is 3. The number of amides is 2. The van der Waals surface area contributed by atoms with Gasteiger partial charge in [0.05, 0.1) is 5.69 Å². The molecule has 0 unspecified atom stereocenters. The first-order chi connectivity index (χ1) is 15.9. The third-order valence-corrected chi connectivity index (χ3v) is 5.80. The number of carbonyl (C=O) groups excluding carboxylic acids is 2. The summed E-state index contributed by atoms with van der Waals surface area (Å²) in [6, 6.07) is 8.87. The molecule has 1 fully saturated rings. The van der Waals surface area contributed by atoms with Crippen LogP contribution in [0.15, 0.2) is 41.1 Å². The topological polar surface area (TPSA) is 118 Å². The van der Waals surface area contributed by atoms with Gasteiger partial charge >= 0.3 is 0 Å². The van der Waals surface area contributed by atoms with Crippen LogP contribution in [0.5, 0.6) is 0 Å². The molecule has 0 radical (unpaired) electrons. The van der Waals surface area contributed by atoms with Crippen LogP contribution in [0.25, 0.3) is 11.1 Å². The Morgan fingerprint density at radius 1 is 1.27 bits per heavy atom. The highest BCUT2D eigenvalue weighted by molar-refractivity contribution is 5.94. The van der Waals surface area contributed by atoms with Crippen LogP contribution in [0.2, 0.25) is 0 Å². The molecule has 9 heteroatoms. The number of nitrogens with two attached hydrogens (primary N) is 1. The number of nitrogens with zero attached hydrogens (tertiary/aromatic N) is 5. The first-order valence-electron chi connectivity index (χ1n) is 11.1. The fourth-order valence-corrected chi connectivity index (χ4v) is 4.08. The van der Waals surface area contributed by atoms with Crippen molar-refractivity contribution < 1.29 is 14.1 Å². The molecule has 4 rings (SSSR count). The van der Waals surface area contributed by atoms with Crippen LogP contribution in [-0.2, 0) is 6.42 Å². The van der Waals surface area contributed by atoms with E-state index < -0.39 is 5.91 Å². The van der Waals surface area contributed by atoms with E-state index in [1.54, 1.807) is 35.4 Å². The maximum Gasteiger partial charge on any atom is 0.276 e. The van der Waals surface area contributed by atoms with Crippen LogP contribution in [0.1, 0.15) is 58.0 Å². The van der Waals surface area contributed by atoms with Gasteiger partial charge in [0.1, 0.15) is 5.76 Å². The van der Waals surface area contributed by atoms with Crippen molar-refractivity contribution in [2.24, 2.45) is 5.73 Å². The Morgan fingerprint density at radius 2 is 2.09 bits per heavy atom. The summed E-state index contributed by atoms with van der Waals surface area (Å²) < 4.78 is 5.29. The van der Waals surface area contributed by atoms with Crippen molar-refractivity contribution in [3.8, 4) is 11.1 Å². The quantitative estimate of drug-likeness (QED) is 0.590. The molecule has 0 bridgehead atoms. The number of hydrogen-bond acceptors (Lipinski definition) is 7. The van der Waals surface area contributed by atoms with E-state index >= 15 is 0 Å². The van der Waals surface area contributed by atoms with Crippen LogP contribution in [0.4, 0.5) is 5.95 Å². The molecule has 1 aliphatic rings. The summed E-state index contributed by atoms with van der Waals surface area (Å²) in [5.41, 5.74) is 8.73. The maximum absolute atomic E-state index is 13.0. The number of primary amides is 1. The van der Waals surface area contributed by atoms with Gasteiger partial charge in [-0.3, -0.25) is 9.59 Å². The van der Waals surface area contributed by atoms with Crippen LogP contribution in [0.3, 0.4) is 0 Å². The number of likely N-dealkylation sites (tertiary alicyclic amines) is 1. The SMILES string of the molecule is CCCc1cc(C(=O)N2CC[C@H](c3nc(N(C)C)ncc3-c3cccc(C(N)=O)c3)C2)no1. The van der Waals surface area contributed by atoms with E-state index in [9.17, 15) is 9.59 Å². The van der Waals surface area contributed by atoms with Crippen LogP contribution in [-0.4, -0.2) is 59.0 Å². The van der Waals surface area contributed by atoms with Gasteiger partial charge in [0.2, 0.25) is 11.9 Å². The molecule has 1 saturated heterocycles. The van der Waals surface area contributed by atoms with Crippen LogP contribution in [0, 0.1) is 0 Å². The standard InChI is InChI=1S/C24H28N6O3/c1-4-6-18-12-20(28-33-18)23(32)30-10-9-17(14-30)21-19(13-26-24(27-21)29(2)3)15-7-5-8-16(11-15)22(25)31/h5,7-8,11-13,17H,4,6,9-10,14H2,1-3H3,(H2,25,31)/t17-/m0/s1. The largest absolute Gasteiger partial charge is 0.366 e. The van der Waals surface area contributed by atoms with E-state index in [1.807, 2.05) is 25.1 Å². The van der Waals surface area contributed by atoms with Crippen molar-refractivity contribution in [3.05, 3.63) is 59.2 Å². The Hall–Kier alpha value is -3.75. The number of benzene rings is 1. The minimum absolute atomic E-state index is 0.0184. The van der Waals surface area contributed by atoms with Gasteiger partial charge in [-0.15, -0.1) is 0 Å². The second-order valence-corrected chi connectivity index (χ2v) is 8.47. The lowest BCUT2D eigenvalue weighted by atomic mass is 9.95. The highest BCUT2D eigenvalue weighted by atomic mass is 16.5. The molecule has 9 nitrogen and oxygen atoms in total. The third-order valence-electron chi connectivity index (χ3n) is 5.80. The number of anilines is 1. The first kappa shape index (κ1) is 22.4. The second kappa shape index (κ2) is 9.40. The smallest absolute Gasteiger partial charge is 0.276 e. The van der Waals surface area contributed by atoms with Crippen molar-refractivity contribution in [2.45, 2.75) is 32.1 Å². The summed E-state index contributed by atoms with van der Waals surface area (Å²) in [5, 5.41) is 3.96. The Morgan fingerprint density at radius 3 is 2.82 bits per heavy atom. The highest BCUT2D eigenvalue weighted by Gasteiger charge is 2.32. The average molecular weight is 449 g/mol. The van der Waals surface area contributed by atoms with E-state index in [-0.39, 0.29) is 11.8 Å². The molecule has 0 aliphatic carbocycles. The van der Waals surface area contributed by atoms with Crippen molar-refractivity contribution in [2.75, 3.05) is 32.1 Å². The Kier molecular flexibility index (Phi) is 6.39. The zero-order valence-electron chi connectivity index (χ0n) is 19.1. The van der Waals surface area contributed by atoms with Crippen molar-refractivity contribution in [1.82, 2.24) is 20.0 Å². The number of rotatable bonds is 7. The molecule has 0 saturated carbocycles. The lowest BCUT2D eigenvalue weighted by Gasteiger charge is -2.19. The van der Waals surface area contributed by atoms with Crippen molar-refractivity contribution in [1.29, 1.82) is 0 Å². The number of hydrogen-bond donors (Lipinski definition) is 1. The maximum atomic E-state index is 13.0. The Balaban J connectivity index is 1.63. The Labute approximate surface area is 192 Å². The molecule has 2 amide bonds. The lowest BCUT2D eigenvalue weighted by molar-refractivity contribution is 0.0780. The first-order valence-corrected chi connectivity index (χ1v) is 11.1. The van der Waals surface area contributed by atoms with Crippen molar-refractivity contribution >= 4 is 17.8 Å². The van der Waals surface area contributed by atoms with Gasteiger partial charge in [0.25, 0.3) is 5.91 Å². The molecule has 3 aromatic rings. The van der Waals surface area contributed by atoms with Gasteiger partial charge in [-0.2, -0.15) is 0 Å². The summed E-state index contributed by atoms with van der Waals surface area (Å²) in [7, 11) is 3.77. The molecule has 2 N–H and O–H groups in total. The van der Waals surface area contributed by atoms with E-state index in [4.69, 9.17) is 15.2 Å². The van der Waals surface area contributed by atoms with Gasteiger partial charge in [0.15, 0.2) is 5.69 Å². The lowest BCUT2D eigenvalue weighted by Crippen LogP contribution is -2.29. The van der Waals surface area contributed by atoms with Gasteiger partial charge < -0.3 is 20.1 Å². The predicted octanol–water partition coefficient (Wildman–Crippen LogP) is 2.88. The third kappa shape index (κ3) is 4.72. The monoisotopic (exact) mass is 448 g/mol. The fraction of sp³-hybridized carbons (Fsp3) is 0.375. The predicted molar refractivity (Wildman–Crippen MR) is 124 cm³/mol. The summed E-state index contributed by atoms with van der Waals surface area (Å²) in [6.45, 7) is 3.16. The molecule has 2 aromatic heterocycles. The molecule has 1 aliphatic heterocycles. The molecule has 172 valence electrons. The van der Waals surface area contributed by atoms with Gasteiger partial charge in [0, 0.05) is 62.9 Å². The van der Waals surface area contributed by atoms with E-state index in [0.717, 1.165) is 41.8 Å². The van der Waals surface area contributed by atoms with E-state index in [2.05, 4.69) is 17.1 Å². The van der Waals surface area contributed by atoms with Crippen LogP contribution < -0.4 is 10.6 Å². The Bertz CT molecular complexity index is 1170. The van der Waals surface area contributed by atoms with Gasteiger partial charge in [-0.1, -0.05) is 24.2 Å². The number of carbonyl (C=O) groups is 2. The number of aryl methyl sites for hydroxylation is 1. The van der Waals surface area contributed by atoms with Crippen molar-refractivity contribution in [3.63, 3.8) is 0 Å². The summed E-state index contributed by atoms with van der Waals surface area (Å²) >= 11 is 0. The highest BCUT2D eigenvalue weighted by Crippen LogP contribution is 2.35. The normalized spacial score (nSPS) is 15.6. The average Bonchev–Trinajstić information content (AvgIpc) is 3.49. The molecular formula is C24H28N6O3. The summed E-state index contributed by atoms with van der Waals surface area (Å²) in [4.78, 5) is 37.6. The zero-order valence-corrected chi connectivity index (χ0v) is 19.1. The zero-order chi connectivity index (χ0) is 23.5. The molecule has 3 heterocycles. The van der Waals surface area contributed by atoms with Crippen LogP contribution >= 0.6 is 0 Å². The van der Waals surface area contributed by atoms with E-state index in [0.29, 0.717) is 30.3 Å². The minimum Gasteiger partial charge on any atom is -0.366 e.